The summed E-state index contributed by atoms with van der Waals surface area (Å²) in [6.45, 7) is 2.33. The van der Waals surface area contributed by atoms with Crippen molar-refractivity contribution in [2.24, 2.45) is 5.41 Å². The maximum Gasteiger partial charge on any atom is 0.0337 e. The lowest BCUT2D eigenvalue weighted by molar-refractivity contribution is 0.123. The van der Waals surface area contributed by atoms with E-state index in [-0.39, 0.29) is 0 Å². The number of hydrogen-bond donors (Lipinski definition) is 2. The molecule has 198 valence electrons. The molecule has 2 aromatic carbocycles. The van der Waals surface area contributed by atoms with Crippen molar-refractivity contribution >= 4 is 11.4 Å². The highest BCUT2D eigenvalue weighted by molar-refractivity contribution is 5.55. The highest BCUT2D eigenvalue weighted by Crippen LogP contribution is 2.51. The molecule has 2 fully saturated rings. The lowest BCUT2D eigenvalue weighted by Crippen LogP contribution is -2.34. The van der Waals surface area contributed by atoms with Crippen LogP contribution in [0.25, 0.3) is 0 Å². The van der Waals surface area contributed by atoms with Crippen molar-refractivity contribution in [3.05, 3.63) is 59.2 Å². The van der Waals surface area contributed by atoms with Gasteiger partial charge in [-0.25, -0.2) is 0 Å². The highest BCUT2D eigenvalue weighted by atomic mass is 14.6. The van der Waals surface area contributed by atoms with Crippen LogP contribution in [-0.4, -0.2) is 0 Å². The summed E-state index contributed by atoms with van der Waals surface area (Å²) in [6.07, 6.45) is 26.4. The summed E-state index contributed by atoms with van der Waals surface area (Å²) < 4.78 is 0. The van der Waals surface area contributed by atoms with E-state index in [2.05, 4.69) is 43.3 Å². The number of benzene rings is 2. The van der Waals surface area contributed by atoms with Crippen LogP contribution in [0, 0.1) is 5.41 Å². The van der Waals surface area contributed by atoms with Crippen molar-refractivity contribution in [2.75, 3.05) is 11.5 Å². The van der Waals surface area contributed by atoms with Crippen LogP contribution in [0.1, 0.15) is 139 Å². The van der Waals surface area contributed by atoms with Crippen LogP contribution >= 0.6 is 0 Å². The minimum atomic E-state index is 0.341. The van der Waals surface area contributed by atoms with E-state index < -0.39 is 0 Å². The molecule has 0 spiro atoms. The number of anilines is 2. The second kappa shape index (κ2) is 13.0. The summed E-state index contributed by atoms with van der Waals surface area (Å²) in [7, 11) is 0. The zero-order valence-corrected chi connectivity index (χ0v) is 23.1. The van der Waals surface area contributed by atoms with E-state index in [1.54, 1.807) is 5.56 Å². The molecular weight excluding hydrogens is 436 g/mol. The van der Waals surface area contributed by atoms with Crippen LogP contribution in [0.2, 0.25) is 0 Å². The Morgan fingerprint density at radius 2 is 1.31 bits per heavy atom. The molecule has 0 bridgehead atoms. The molecule has 2 aliphatic rings. The number of hydrogen-bond acceptors (Lipinski definition) is 2. The molecule has 0 heterocycles. The highest BCUT2D eigenvalue weighted by Gasteiger charge is 2.39. The molecular formula is C34H52N2. The molecule has 0 amide bonds. The first-order chi connectivity index (χ1) is 17.5. The fourth-order valence-electron chi connectivity index (χ4n) is 7.68. The van der Waals surface area contributed by atoms with E-state index in [4.69, 9.17) is 11.5 Å². The van der Waals surface area contributed by atoms with Gasteiger partial charge in [0.2, 0.25) is 0 Å². The Labute approximate surface area is 221 Å². The van der Waals surface area contributed by atoms with Crippen LogP contribution in [-0.2, 0) is 11.8 Å². The van der Waals surface area contributed by atoms with Gasteiger partial charge >= 0.3 is 0 Å². The van der Waals surface area contributed by atoms with Gasteiger partial charge in [-0.05, 0) is 97.1 Å². The number of nitrogens with two attached hydrogens (primary N) is 2. The average Bonchev–Trinajstić information content (AvgIpc) is 2.88. The molecule has 2 aromatic rings. The van der Waals surface area contributed by atoms with E-state index in [0.717, 1.165) is 17.8 Å². The minimum Gasteiger partial charge on any atom is -0.399 e. The normalized spacial score (nSPS) is 19.2. The van der Waals surface area contributed by atoms with E-state index in [9.17, 15) is 0 Å². The van der Waals surface area contributed by atoms with Gasteiger partial charge in [0.1, 0.15) is 0 Å². The van der Waals surface area contributed by atoms with Gasteiger partial charge in [-0.2, -0.15) is 0 Å². The summed E-state index contributed by atoms with van der Waals surface area (Å²) in [5.41, 5.74) is 19.1. The third-order valence-corrected chi connectivity index (χ3v) is 9.69. The van der Waals surface area contributed by atoms with Crippen molar-refractivity contribution in [1.29, 1.82) is 0 Å². The minimum absolute atomic E-state index is 0.341. The smallest absolute Gasteiger partial charge is 0.0337 e. The van der Waals surface area contributed by atoms with Gasteiger partial charge in [0.25, 0.3) is 0 Å². The van der Waals surface area contributed by atoms with E-state index in [1.165, 1.54) is 127 Å². The number of rotatable bonds is 12. The van der Waals surface area contributed by atoms with Crippen LogP contribution in [0.3, 0.4) is 0 Å². The lowest BCUT2D eigenvalue weighted by Gasteiger charge is -2.44. The molecule has 0 unspecified atom stereocenters. The molecule has 2 aliphatic carbocycles. The maximum atomic E-state index is 6.15. The van der Waals surface area contributed by atoms with Gasteiger partial charge in [0.15, 0.2) is 0 Å². The maximum absolute atomic E-state index is 6.15. The van der Waals surface area contributed by atoms with Gasteiger partial charge in [-0.3, -0.25) is 0 Å². The predicted molar refractivity (Wildman–Crippen MR) is 157 cm³/mol. The Kier molecular flexibility index (Phi) is 9.80. The summed E-state index contributed by atoms with van der Waals surface area (Å²) in [5.74, 6) is 0. The number of unbranched alkanes of at least 4 members (excludes halogenated alkanes) is 4. The summed E-state index contributed by atoms with van der Waals surface area (Å²) in [6, 6.07) is 15.4. The van der Waals surface area contributed by atoms with Gasteiger partial charge in [0, 0.05) is 11.4 Å². The van der Waals surface area contributed by atoms with Gasteiger partial charge in [-0.1, -0.05) is 102 Å². The van der Waals surface area contributed by atoms with Crippen molar-refractivity contribution in [3.8, 4) is 0 Å². The lowest BCUT2D eigenvalue weighted by atomic mass is 9.60. The second-order valence-corrected chi connectivity index (χ2v) is 12.4. The predicted octanol–water partition coefficient (Wildman–Crippen LogP) is 9.73. The summed E-state index contributed by atoms with van der Waals surface area (Å²) in [5, 5.41) is 0. The van der Waals surface area contributed by atoms with Crippen molar-refractivity contribution in [3.63, 3.8) is 0 Å². The molecule has 4 rings (SSSR count). The van der Waals surface area contributed by atoms with Crippen LogP contribution in [0.5, 0.6) is 0 Å². The third kappa shape index (κ3) is 7.08. The SMILES string of the molecule is CCCCCCCC1(CCC2(c3ccccc3Cc3cc(N)cc(N)c3)CCCCC2)CCCCC1. The second-order valence-electron chi connectivity index (χ2n) is 12.4. The standard InChI is InChI=1S/C34H52N2/c1-2-3-4-5-10-17-33(18-11-6-12-19-33)22-23-34(20-13-7-14-21-34)32-16-9-8-15-29(32)24-28-25-30(35)27-31(36)26-28/h8-9,15-16,25-27H,2-7,10-14,17-24,35-36H2,1H3. The van der Waals surface area contributed by atoms with Crippen molar-refractivity contribution in [1.82, 2.24) is 0 Å². The molecule has 2 nitrogen and oxygen atoms in total. The van der Waals surface area contributed by atoms with Crippen LogP contribution in [0.4, 0.5) is 11.4 Å². The first kappa shape index (κ1) is 27.1. The van der Waals surface area contributed by atoms with Crippen molar-refractivity contribution in [2.45, 2.75) is 134 Å². The molecule has 0 aromatic heterocycles. The molecule has 0 saturated heterocycles. The third-order valence-electron chi connectivity index (χ3n) is 9.69. The largest absolute Gasteiger partial charge is 0.399 e. The topological polar surface area (TPSA) is 52.0 Å². The Morgan fingerprint density at radius 1 is 0.667 bits per heavy atom. The van der Waals surface area contributed by atoms with Gasteiger partial charge in [0.05, 0.1) is 0 Å². The zero-order valence-electron chi connectivity index (χ0n) is 23.1. The fraction of sp³-hybridized carbons (Fsp3) is 0.647. The van der Waals surface area contributed by atoms with Gasteiger partial charge < -0.3 is 11.5 Å². The Hall–Kier alpha value is -1.96. The van der Waals surface area contributed by atoms with E-state index in [0.29, 0.717) is 10.8 Å². The van der Waals surface area contributed by atoms with E-state index in [1.807, 2.05) is 6.07 Å². The molecule has 2 heteroatoms. The first-order valence-electron chi connectivity index (χ1n) is 15.3. The quantitative estimate of drug-likeness (QED) is 0.231. The van der Waals surface area contributed by atoms with Crippen molar-refractivity contribution < 1.29 is 0 Å². The molecule has 0 aliphatic heterocycles. The summed E-state index contributed by atoms with van der Waals surface area (Å²) >= 11 is 0. The monoisotopic (exact) mass is 488 g/mol. The average molecular weight is 489 g/mol. The zero-order chi connectivity index (χ0) is 25.3. The Balaban J connectivity index is 1.55. The Bertz CT molecular complexity index is 914. The Morgan fingerprint density at radius 3 is 2.00 bits per heavy atom. The van der Waals surface area contributed by atoms with Crippen LogP contribution < -0.4 is 11.5 Å². The summed E-state index contributed by atoms with van der Waals surface area (Å²) in [4.78, 5) is 0. The first-order valence-corrected chi connectivity index (χ1v) is 15.3. The molecule has 0 radical (unpaired) electrons. The molecule has 36 heavy (non-hydrogen) atoms. The van der Waals surface area contributed by atoms with Gasteiger partial charge in [-0.15, -0.1) is 0 Å². The van der Waals surface area contributed by atoms with Crippen LogP contribution in [0.15, 0.2) is 42.5 Å². The number of nitrogen functional groups attached to an aromatic ring is 2. The fourth-order valence-corrected chi connectivity index (χ4v) is 7.68. The molecule has 0 atom stereocenters. The van der Waals surface area contributed by atoms with E-state index >= 15 is 0 Å². The molecule has 4 N–H and O–H groups in total. The molecule has 2 saturated carbocycles.